The normalized spacial score (nSPS) is 21.5. The van der Waals surface area contributed by atoms with Crippen LogP contribution in [0, 0.1) is 0 Å². The van der Waals surface area contributed by atoms with Crippen LogP contribution in [0.4, 0.5) is 0 Å². The first-order valence-corrected chi connectivity index (χ1v) is 7.49. The van der Waals surface area contributed by atoms with Gasteiger partial charge in [0.05, 0.1) is 5.75 Å². The van der Waals surface area contributed by atoms with Gasteiger partial charge in [0.25, 0.3) is 0 Å². The van der Waals surface area contributed by atoms with E-state index >= 15 is 0 Å². The molecule has 1 aliphatic heterocycles. The Hall–Kier alpha value is -1.89. The van der Waals surface area contributed by atoms with Crippen LogP contribution in [0.15, 0.2) is 30.3 Å². The Labute approximate surface area is 110 Å². The first kappa shape index (κ1) is 13.5. The minimum Gasteiger partial charge on any atom is -0.459 e. The maximum atomic E-state index is 11.7. The molecule has 0 aromatic heterocycles. The largest absolute Gasteiger partial charge is 0.459 e. The highest BCUT2D eigenvalue weighted by Crippen LogP contribution is 2.07. The molecule has 1 aromatic carbocycles. The van der Waals surface area contributed by atoms with Crippen LogP contribution >= 0.6 is 0 Å². The molecular weight excluding hydrogens is 270 g/mol. The molecule has 1 N–H and O–H groups in total. The zero-order valence-corrected chi connectivity index (χ0v) is 10.9. The number of esters is 1. The second kappa shape index (κ2) is 5.40. The summed E-state index contributed by atoms with van der Waals surface area (Å²) in [6, 6.07) is 7.88. The molecule has 1 unspecified atom stereocenters. The second-order valence-corrected chi connectivity index (χ2v) is 6.38. The number of rotatable bonds is 3. The predicted molar refractivity (Wildman–Crippen MR) is 66.8 cm³/mol. The van der Waals surface area contributed by atoms with Crippen LogP contribution in [0.25, 0.3) is 0 Å². The summed E-state index contributed by atoms with van der Waals surface area (Å²) in [7, 11) is -3.52. The fourth-order valence-corrected chi connectivity index (χ4v) is 3.07. The Bertz CT molecular complexity index is 581. The Balaban J connectivity index is 1.95. The van der Waals surface area contributed by atoms with Crippen molar-refractivity contribution in [2.45, 2.75) is 12.6 Å². The fraction of sp³-hybridized carbons (Fsp3) is 0.333. The highest BCUT2D eigenvalue weighted by atomic mass is 32.2. The lowest BCUT2D eigenvalue weighted by atomic mass is 10.2. The fourth-order valence-electron chi connectivity index (χ4n) is 1.75. The van der Waals surface area contributed by atoms with Crippen LogP contribution in [0.5, 0.6) is 0 Å². The number of benzene rings is 1. The molecule has 1 aromatic rings. The molecule has 1 atom stereocenters. The molecule has 2 rings (SSSR count). The molecule has 102 valence electrons. The van der Waals surface area contributed by atoms with Crippen molar-refractivity contribution >= 4 is 21.7 Å². The maximum absolute atomic E-state index is 11.7. The number of carbonyl (C=O) groups is 2. The van der Waals surface area contributed by atoms with E-state index in [2.05, 4.69) is 5.32 Å². The van der Waals surface area contributed by atoms with E-state index in [1.54, 1.807) is 24.3 Å². The van der Waals surface area contributed by atoms with E-state index < -0.39 is 39.3 Å². The van der Waals surface area contributed by atoms with E-state index in [1.165, 1.54) is 0 Å². The van der Waals surface area contributed by atoms with Gasteiger partial charge in [-0.25, -0.2) is 13.2 Å². The molecule has 0 spiro atoms. The smallest absolute Gasteiger partial charge is 0.330 e. The summed E-state index contributed by atoms with van der Waals surface area (Å²) in [5.74, 6) is -2.39. The number of hydrogen-bond acceptors (Lipinski definition) is 5. The average molecular weight is 283 g/mol. The van der Waals surface area contributed by atoms with E-state index in [9.17, 15) is 18.0 Å². The average Bonchev–Trinajstić information content (AvgIpc) is 2.34. The molecule has 7 heteroatoms. The van der Waals surface area contributed by atoms with Crippen LogP contribution in [-0.4, -0.2) is 37.8 Å². The van der Waals surface area contributed by atoms with Crippen molar-refractivity contribution in [2.24, 2.45) is 0 Å². The Kier molecular flexibility index (Phi) is 3.84. The van der Waals surface area contributed by atoms with Crippen molar-refractivity contribution in [1.29, 1.82) is 0 Å². The first-order chi connectivity index (χ1) is 8.96. The number of carbonyl (C=O) groups excluding carboxylic acids is 2. The zero-order chi connectivity index (χ0) is 13.9. The molecule has 1 fully saturated rings. The number of ether oxygens (including phenoxy) is 1. The van der Waals surface area contributed by atoms with Gasteiger partial charge in [0, 0.05) is 0 Å². The van der Waals surface area contributed by atoms with Gasteiger partial charge in [-0.3, -0.25) is 4.79 Å². The lowest BCUT2D eigenvalue weighted by Gasteiger charge is -2.21. The SMILES string of the molecule is O=C1CS(=O)(=O)CC(C(=O)OCc2ccccc2)N1. The predicted octanol–water partition coefficient (Wildman–Crippen LogP) is -0.357. The summed E-state index contributed by atoms with van der Waals surface area (Å²) >= 11 is 0. The standard InChI is InChI=1S/C12H13NO5S/c14-11-8-19(16,17)7-10(13-11)12(15)18-6-9-4-2-1-3-5-9/h1-5,10H,6-8H2,(H,13,14). The Morgan fingerprint density at radius 2 is 2.00 bits per heavy atom. The summed E-state index contributed by atoms with van der Waals surface area (Å²) in [5.41, 5.74) is 0.792. The summed E-state index contributed by atoms with van der Waals surface area (Å²) in [6.07, 6.45) is 0. The molecule has 0 radical (unpaired) electrons. The van der Waals surface area contributed by atoms with Crippen molar-refractivity contribution in [1.82, 2.24) is 5.32 Å². The van der Waals surface area contributed by atoms with Gasteiger partial charge in [-0.2, -0.15) is 0 Å². The summed E-state index contributed by atoms with van der Waals surface area (Å²) in [5, 5.41) is 2.32. The molecule has 0 saturated carbocycles. The Morgan fingerprint density at radius 3 is 2.63 bits per heavy atom. The van der Waals surface area contributed by atoms with E-state index in [-0.39, 0.29) is 6.61 Å². The van der Waals surface area contributed by atoms with E-state index in [1.807, 2.05) is 6.07 Å². The number of nitrogens with one attached hydrogen (secondary N) is 1. The van der Waals surface area contributed by atoms with Gasteiger partial charge < -0.3 is 10.1 Å². The molecule has 6 nitrogen and oxygen atoms in total. The summed E-state index contributed by atoms with van der Waals surface area (Å²) < 4.78 is 27.8. The third-order valence-electron chi connectivity index (χ3n) is 2.62. The van der Waals surface area contributed by atoms with Crippen LogP contribution in [0.1, 0.15) is 5.56 Å². The third kappa shape index (κ3) is 3.78. The topological polar surface area (TPSA) is 89.5 Å². The highest BCUT2D eigenvalue weighted by Gasteiger charge is 2.34. The summed E-state index contributed by atoms with van der Waals surface area (Å²) in [4.78, 5) is 22.9. The van der Waals surface area contributed by atoms with Crippen LogP contribution in [0.2, 0.25) is 0 Å². The first-order valence-electron chi connectivity index (χ1n) is 5.67. The van der Waals surface area contributed by atoms with E-state index in [4.69, 9.17) is 4.74 Å². The van der Waals surface area contributed by atoms with Crippen molar-refractivity contribution in [2.75, 3.05) is 11.5 Å². The van der Waals surface area contributed by atoms with Crippen LogP contribution in [0.3, 0.4) is 0 Å². The lowest BCUT2D eigenvalue weighted by molar-refractivity contribution is -0.148. The number of hydrogen-bond donors (Lipinski definition) is 1. The van der Waals surface area contributed by atoms with Gasteiger partial charge in [-0.05, 0) is 5.56 Å². The highest BCUT2D eigenvalue weighted by molar-refractivity contribution is 7.92. The van der Waals surface area contributed by atoms with Gasteiger partial charge in [0.1, 0.15) is 18.4 Å². The second-order valence-electron chi connectivity index (χ2n) is 4.27. The van der Waals surface area contributed by atoms with Gasteiger partial charge >= 0.3 is 5.97 Å². The van der Waals surface area contributed by atoms with E-state index in [0.717, 1.165) is 5.56 Å². The molecular formula is C12H13NO5S. The van der Waals surface area contributed by atoms with Crippen molar-refractivity contribution in [3.63, 3.8) is 0 Å². The summed E-state index contributed by atoms with van der Waals surface area (Å²) in [6.45, 7) is 0.0477. The van der Waals surface area contributed by atoms with Gasteiger partial charge in [0.2, 0.25) is 5.91 Å². The zero-order valence-electron chi connectivity index (χ0n) is 10.0. The molecule has 0 bridgehead atoms. The number of amides is 1. The minimum absolute atomic E-state index is 0.0477. The van der Waals surface area contributed by atoms with Crippen LogP contribution < -0.4 is 5.32 Å². The Morgan fingerprint density at radius 1 is 1.32 bits per heavy atom. The lowest BCUT2D eigenvalue weighted by Crippen LogP contribution is -2.53. The minimum atomic E-state index is -3.52. The van der Waals surface area contributed by atoms with Gasteiger partial charge in [0.15, 0.2) is 9.84 Å². The quantitative estimate of drug-likeness (QED) is 0.765. The maximum Gasteiger partial charge on any atom is 0.330 e. The molecule has 1 amide bonds. The van der Waals surface area contributed by atoms with Crippen LogP contribution in [-0.2, 0) is 30.8 Å². The molecule has 1 aliphatic rings. The van der Waals surface area contributed by atoms with E-state index in [0.29, 0.717) is 0 Å². The molecule has 1 saturated heterocycles. The van der Waals surface area contributed by atoms with Gasteiger partial charge in [-0.15, -0.1) is 0 Å². The number of sulfone groups is 1. The molecule has 0 aliphatic carbocycles. The molecule has 19 heavy (non-hydrogen) atoms. The monoisotopic (exact) mass is 283 g/mol. The third-order valence-corrected chi connectivity index (χ3v) is 4.16. The van der Waals surface area contributed by atoms with Crippen molar-refractivity contribution in [3.05, 3.63) is 35.9 Å². The van der Waals surface area contributed by atoms with Gasteiger partial charge in [-0.1, -0.05) is 30.3 Å². The van der Waals surface area contributed by atoms with Crippen molar-refractivity contribution in [3.8, 4) is 0 Å². The molecule has 1 heterocycles. The van der Waals surface area contributed by atoms with Crippen molar-refractivity contribution < 1.29 is 22.7 Å².